The van der Waals surface area contributed by atoms with E-state index in [1.165, 1.54) is 0 Å². The van der Waals surface area contributed by atoms with Gasteiger partial charge in [-0.25, -0.2) is 0 Å². The van der Waals surface area contributed by atoms with Crippen molar-refractivity contribution in [2.24, 2.45) is 0 Å². The number of carbonyl (C=O) groups is 1. The normalized spacial score (nSPS) is 13.8. The van der Waals surface area contributed by atoms with Crippen molar-refractivity contribution in [3.63, 3.8) is 0 Å². The van der Waals surface area contributed by atoms with Crippen molar-refractivity contribution >= 4 is 5.91 Å². The molecule has 1 aromatic rings. The minimum Gasteiger partial charge on any atom is -0.494 e. The number of nitrogens with zero attached hydrogens (tertiary/aromatic N) is 2. The van der Waals surface area contributed by atoms with Gasteiger partial charge in [-0.1, -0.05) is 6.07 Å². The smallest absolute Gasteiger partial charge is 0.234 e. The molecule has 0 atom stereocenters. The van der Waals surface area contributed by atoms with E-state index in [1.807, 2.05) is 24.1 Å². The first-order chi connectivity index (χ1) is 10.2. The molecule has 0 radical (unpaired) electrons. The van der Waals surface area contributed by atoms with Gasteiger partial charge in [0.1, 0.15) is 5.75 Å². The minimum atomic E-state index is 0.0997. The summed E-state index contributed by atoms with van der Waals surface area (Å²) in [4.78, 5) is 13.6. The maximum atomic E-state index is 11.6. The standard InChI is InChI=1S/C16H21N3O2/c1-19(12-16(20)18-14-6-7-14)8-3-9-21-15-5-2-4-13(10-15)11-17/h2,4-5,10,14H,3,6-9,12H2,1H3,(H,18,20). The molecule has 1 saturated carbocycles. The number of nitrogens with one attached hydrogen (secondary N) is 1. The number of hydrogen-bond donors (Lipinski definition) is 1. The van der Waals surface area contributed by atoms with Crippen LogP contribution in [-0.2, 0) is 4.79 Å². The van der Waals surface area contributed by atoms with Gasteiger partial charge in [0.2, 0.25) is 5.91 Å². The zero-order valence-corrected chi connectivity index (χ0v) is 12.3. The Morgan fingerprint density at radius 2 is 2.33 bits per heavy atom. The molecule has 2 rings (SSSR count). The van der Waals surface area contributed by atoms with E-state index >= 15 is 0 Å². The van der Waals surface area contributed by atoms with E-state index in [2.05, 4.69) is 11.4 Å². The summed E-state index contributed by atoms with van der Waals surface area (Å²) >= 11 is 0. The second-order valence-electron chi connectivity index (χ2n) is 5.42. The summed E-state index contributed by atoms with van der Waals surface area (Å²) in [5.41, 5.74) is 0.598. The van der Waals surface area contributed by atoms with Crippen molar-refractivity contribution in [1.29, 1.82) is 5.26 Å². The molecule has 1 aliphatic carbocycles. The fraction of sp³-hybridized carbons (Fsp3) is 0.500. The highest BCUT2D eigenvalue weighted by atomic mass is 16.5. The Bertz CT molecular complexity index is 520. The highest BCUT2D eigenvalue weighted by Gasteiger charge is 2.23. The quantitative estimate of drug-likeness (QED) is 0.737. The molecule has 0 spiro atoms. The van der Waals surface area contributed by atoms with Gasteiger partial charge >= 0.3 is 0 Å². The first kappa shape index (κ1) is 15.3. The van der Waals surface area contributed by atoms with Crippen LogP contribution in [0.4, 0.5) is 0 Å². The lowest BCUT2D eigenvalue weighted by Crippen LogP contribution is -2.36. The summed E-state index contributed by atoms with van der Waals surface area (Å²) in [6, 6.07) is 9.63. The number of ether oxygens (including phenoxy) is 1. The van der Waals surface area contributed by atoms with Gasteiger partial charge in [-0.3, -0.25) is 9.69 Å². The lowest BCUT2D eigenvalue weighted by molar-refractivity contribution is -0.122. The van der Waals surface area contributed by atoms with Crippen molar-refractivity contribution in [1.82, 2.24) is 10.2 Å². The fourth-order valence-corrected chi connectivity index (χ4v) is 2.01. The molecule has 0 aromatic heterocycles. The molecule has 0 unspecified atom stereocenters. The van der Waals surface area contributed by atoms with Crippen LogP contribution in [0.5, 0.6) is 5.75 Å². The number of rotatable bonds is 8. The fourth-order valence-electron chi connectivity index (χ4n) is 2.01. The lowest BCUT2D eigenvalue weighted by atomic mass is 10.2. The maximum absolute atomic E-state index is 11.6. The number of amides is 1. The van der Waals surface area contributed by atoms with Gasteiger partial charge in [0.05, 0.1) is 24.8 Å². The molecule has 0 bridgehead atoms. The van der Waals surface area contributed by atoms with Crippen LogP contribution in [-0.4, -0.2) is 43.6 Å². The number of benzene rings is 1. The summed E-state index contributed by atoms with van der Waals surface area (Å²) in [6.45, 7) is 1.81. The topological polar surface area (TPSA) is 65.4 Å². The van der Waals surface area contributed by atoms with E-state index in [1.54, 1.807) is 12.1 Å². The molecule has 1 aliphatic rings. The van der Waals surface area contributed by atoms with Gasteiger partial charge in [0.25, 0.3) is 0 Å². The van der Waals surface area contributed by atoms with Gasteiger partial charge in [-0.15, -0.1) is 0 Å². The molecule has 1 amide bonds. The molecule has 112 valence electrons. The van der Waals surface area contributed by atoms with Crippen LogP contribution in [0.25, 0.3) is 0 Å². The van der Waals surface area contributed by atoms with Gasteiger partial charge in [-0.05, 0) is 44.5 Å². The third-order valence-electron chi connectivity index (χ3n) is 3.27. The van der Waals surface area contributed by atoms with E-state index < -0.39 is 0 Å². The number of nitriles is 1. The Labute approximate surface area is 125 Å². The third kappa shape index (κ3) is 5.84. The van der Waals surface area contributed by atoms with Crippen LogP contribution < -0.4 is 10.1 Å². The zero-order valence-electron chi connectivity index (χ0n) is 12.3. The van der Waals surface area contributed by atoms with Crippen molar-refractivity contribution in [2.75, 3.05) is 26.7 Å². The summed E-state index contributed by atoms with van der Waals surface area (Å²) in [5, 5.41) is 11.8. The van der Waals surface area contributed by atoms with Crippen molar-refractivity contribution in [2.45, 2.75) is 25.3 Å². The van der Waals surface area contributed by atoms with Crippen molar-refractivity contribution in [3.05, 3.63) is 29.8 Å². The van der Waals surface area contributed by atoms with Crippen LogP contribution in [0, 0.1) is 11.3 Å². The van der Waals surface area contributed by atoms with Crippen LogP contribution in [0.15, 0.2) is 24.3 Å². The Morgan fingerprint density at radius 3 is 3.05 bits per heavy atom. The van der Waals surface area contributed by atoms with Crippen molar-refractivity contribution < 1.29 is 9.53 Å². The summed E-state index contributed by atoms with van der Waals surface area (Å²) in [5.74, 6) is 0.811. The molecule has 1 N–H and O–H groups in total. The van der Waals surface area contributed by atoms with E-state index in [-0.39, 0.29) is 5.91 Å². The lowest BCUT2D eigenvalue weighted by Gasteiger charge is -2.16. The Kier molecular flexibility index (Phi) is 5.59. The third-order valence-corrected chi connectivity index (χ3v) is 3.27. The molecule has 1 aromatic carbocycles. The maximum Gasteiger partial charge on any atom is 0.234 e. The van der Waals surface area contributed by atoms with Gasteiger partial charge in [0, 0.05) is 12.6 Å². The average Bonchev–Trinajstić information content (AvgIpc) is 3.27. The molecule has 1 fully saturated rings. The Hall–Kier alpha value is -2.06. The van der Waals surface area contributed by atoms with E-state index in [9.17, 15) is 4.79 Å². The van der Waals surface area contributed by atoms with Crippen LogP contribution >= 0.6 is 0 Å². The van der Waals surface area contributed by atoms with Gasteiger partial charge in [-0.2, -0.15) is 5.26 Å². The van der Waals surface area contributed by atoms with E-state index in [0.29, 0.717) is 30.5 Å². The molecule has 5 heteroatoms. The van der Waals surface area contributed by atoms with Gasteiger partial charge in [0.15, 0.2) is 0 Å². The van der Waals surface area contributed by atoms with E-state index in [4.69, 9.17) is 10.00 Å². The number of likely N-dealkylation sites (N-methyl/N-ethyl adjacent to an activating group) is 1. The van der Waals surface area contributed by atoms with E-state index in [0.717, 1.165) is 25.8 Å². The number of hydrogen-bond acceptors (Lipinski definition) is 4. The summed E-state index contributed by atoms with van der Waals surface area (Å²) in [7, 11) is 1.93. The Morgan fingerprint density at radius 1 is 1.52 bits per heavy atom. The first-order valence-electron chi connectivity index (χ1n) is 7.28. The molecular formula is C16H21N3O2. The predicted molar refractivity (Wildman–Crippen MR) is 79.9 cm³/mol. The van der Waals surface area contributed by atoms with Crippen LogP contribution in [0.3, 0.4) is 0 Å². The van der Waals surface area contributed by atoms with Crippen molar-refractivity contribution in [3.8, 4) is 11.8 Å². The van der Waals surface area contributed by atoms with Crippen LogP contribution in [0.2, 0.25) is 0 Å². The van der Waals surface area contributed by atoms with Gasteiger partial charge < -0.3 is 10.1 Å². The molecule has 5 nitrogen and oxygen atoms in total. The Balaban J connectivity index is 1.60. The average molecular weight is 287 g/mol. The second kappa shape index (κ2) is 7.65. The summed E-state index contributed by atoms with van der Waals surface area (Å²) < 4.78 is 5.60. The molecule has 0 aliphatic heterocycles. The molecular weight excluding hydrogens is 266 g/mol. The second-order valence-corrected chi connectivity index (χ2v) is 5.42. The molecule has 0 saturated heterocycles. The monoisotopic (exact) mass is 287 g/mol. The highest BCUT2D eigenvalue weighted by molar-refractivity contribution is 5.78. The molecule has 21 heavy (non-hydrogen) atoms. The summed E-state index contributed by atoms with van der Waals surface area (Å²) in [6.07, 6.45) is 3.07. The largest absolute Gasteiger partial charge is 0.494 e. The van der Waals surface area contributed by atoms with Crippen LogP contribution in [0.1, 0.15) is 24.8 Å². The minimum absolute atomic E-state index is 0.0997. The zero-order chi connectivity index (χ0) is 15.1. The molecule has 0 heterocycles. The highest BCUT2D eigenvalue weighted by Crippen LogP contribution is 2.18. The number of carbonyl (C=O) groups excluding carboxylic acids is 1. The predicted octanol–water partition coefficient (Wildman–Crippen LogP) is 1.54. The SMILES string of the molecule is CN(CCCOc1cccc(C#N)c1)CC(=O)NC1CC1. The first-order valence-corrected chi connectivity index (χ1v) is 7.28.